The third-order valence-electron chi connectivity index (χ3n) is 2.00. The Morgan fingerprint density at radius 2 is 1.82 bits per heavy atom. The smallest absolute Gasteiger partial charge is 0.321 e. The topological polar surface area (TPSA) is 35.0 Å². The molecule has 0 atom stereocenters. The van der Waals surface area contributed by atoms with Gasteiger partial charge in [0.2, 0.25) is 0 Å². The van der Waals surface area contributed by atoms with Crippen LogP contribution in [0.15, 0.2) is 48.6 Å². The number of benzene rings is 1. The van der Waals surface area contributed by atoms with Crippen LogP contribution in [0.5, 0.6) is 11.8 Å². The monoisotopic (exact) mass is 230 g/mol. The third-order valence-corrected chi connectivity index (χ3v) is 2.00. The van der Waals surface area contributed by atoms with Crippen LogP contribution in [-0.4, -0.2) is 9.97 Å². The standard InChI is InChI=1S/C13H11FN2O/c1-10(14)9-11-3-5-12(6-4-11)17-13-15-7-2-8-16-13/h2-9H,1H3/b10-9+. The highest BCUT2D eigenvalue weighted by molar-refractivity contribution is 5.52. The van der Waals surface area contributed by atoms with E-state index in [0.717, 1.165) is 5.56 Å². The van der Waals surface area contributed by atoms with Crippen molar-refractivity contribution in [1.29, 1.82) is 0 Å². The first-order valence-electron chi connectivity index (χ1n) is 5.13. The molecule has 2 aromatic rings. The Morgan fingerprint density at radius 1 is 1.18 bits per heavy atom. The molecule has 86 valence electrons. The summed E-state index contributed by atoms with van der Waals surface area (Å²) in [4.78, 5) is 7.88. The molecule has 4 heteroatoms. The number of rotatable bonds is 3. The van der Waals surface area contributed by atoms with Gasteiger partial charge < -0.3 is 4.74 Å². The van der Waals surface area contributed by atoms with Gasteiger partial charge in [0, 0.05) is 12.4 Å². The zero-order valence-corrected chi connectivity index (χ0v) is 9.30. The van der Waals surface area contributed by atoms with E-state index in [1.807, 2.05) is 0 Å². The molecular weight excluding hydrogens is 219 g/mol. The van der Waals surface area contributed by atoms with E-state index in [0.29, 0.717) is 5.75 Å². The largest absolute Gasteiger partial charge is 0.424 e. The number of hydrogen-bond donors (Lipinski definition) is 0. The second kappa shape index (κ2) is 5.21. The van der Waals surface area contributed by atoms with Gasteiger partial charge in [-0.1, -0.05) is 12.1 Å². The fourth-order valence-electron chi connectivity index (χ4n) is 1.31. The number of nitrogens with zero attached hydrogens (tertiary/aromatic N) is 2. The Bertz CT molecular complexity index is 505. The van der Waals surface area contributed by atoms with Crippen LogP contribution in [0.1, 0.15) is 12.5 Å². The molecule has 1 aromatic carbocycles. The van der Waals surface area contributed by atoms with E-state index < -0.39 is 0 Å². The lowest BCUT2D eigenvalue weighted by atomic mass is 10.2. The summed E-state index contributed by atoms with van der Waals surface area (Å²) in [6.07, 6.45) is 4.65. The van der Waals surface area contributed by atoms with Crippen molar-refractivity contribution in [1.82, 2.24) is 9.97 Å². The van der Waals surface area contributed by atoms with Gasteiger partial charge in [0.1, 0.15) is 5.75 Å². The van der Waals surface area contributed by atoms with Crippen molar-refractivity contribution in [2.75, 3.05) is 0 Å². The van der Waals surface area contributed by atoms with Gasteiger partial charge in [-0.25, -0.2) is 14.4 Å². The van der Waals surface area contributed by atoms with Crippen molar-refractivity contribution in [3.05, 3.63) is 54.1 Å². The number of allylic oxidation sites excluding steroid dienone is 1. The number of hydrogen-bond acceptors (Lipinski definition) is 3. The molecule has 0 fully saturated rings. The molecule has 0 aliphatic rings. The average Bonchev–Trinajstić information content (AvgIpc) is 2.32. The fourth-order valence-corrected chi connectivity index (χ4v) is 1.31. The molecule has 0 N–H and O–H groups in total. The zero-order chi connectivity index (χ0) is 12.1. The van der Waals surface area contributed by atoms with Crippen LogP contribution in [-0.2, 0) is 0 Å². The molecule has 17 heavy (non-hydrogen) atoms. The minimum Gasteiger partial charge on any atom is -0.424 e. The van der Waals surface area contributed by atoms with Crippen molar-refractivity contribution in [2.24, 2.45) is 0 Å². The highest BCUT2D eigenvalue weighted by Crippen LogP contribution is 2.18. The molecule has 0 unspecified atom stereocenters. The summed E-state index contributed by atoms with van der Waals surface area (Å²) in [6, 6.07) is 9.02. The summed E-state index contributed by atoms with van der Waals surface area (Å²) < 4.78 is 18.0. The molecule has 0 saturated heterocycles. The summed E-state index contributed by atoms with van der Waals surface area (Å²) in [5, 5.41) is 0. The maximum Gasteiger partial charge on any atom is 0.321 e. The van der Waals surface area contributed by atoms with Gasteiger partial charge in [-0.05, 0) is 36.8 Å². The maximum atomic E-state index is 12.6. The Balaban J connectivity index is 2.11. The van der Waals surface area contributed by atoms with Crippen molar-refractivity contribution in [2.45, 2.75) is 6.92 Å². The van der Waals surface area contributed by atoms with E-state index >= 15 is 0 Å². The molecule has 0 aliphatic heterocycles. The summed E-state index contributed by atoms with van der Waals surface area (Å²) in [6.45, 7) is 1.40. The number of halogens is 1. The molecule has 0 saturated carbocycles. The van der Waals surface area contributed by atoms with E-state index in [1.54, 1.807) is 42.7 Å². The SMILES string of the molecule is C/C(F)=C\c1ccc(Oc2ncccn2)cc1. The van der Waals surface area contributed by atoms with Gasteiger partial charge in [0.25, 0.3) is 0 Å². The summed E-state index contributed by atoms with van der Waals surface area (Å²) in [5.74, 6) is 0.384. The van der Waals surface area contributed by atoms with Crippen LogP contribution >= 0.6 is 0 Å². The van der Waals surface area contributed by atoms with E-state index in [4.69, 9.17) is 4.74 Å². The molecule has 0 amide bonds. The normalized spacial score (nSPS) is 11.3. The van der Waals surface area contributed by atoms with Gasteiger partial charge in [-0.15, -0.1) is 0 Å². The highest BCUT2D eigenvalue weighted by atomic mass is 19.1. The predicted molar refractivity (Wildman–Crippen MR) is 63.3 cm³/mol. The van der Waals surface area contributed by atoms with E-state index in [9.17, 15) is 4.39 Å². The molecule has 0 spiro atoms. The Hall–Kier alpha value is -2.23. The van der Waals surface area contributed by atoms with Crippen LogP contribution in [0.3, 0.4) is 0 Å². The second-order valence-electron chi connectivity index (χ2n) is 3.43. The summed E-state index contributed by atoms with van der Waals surface area (Å²) >= 11 is 0. The molecule has 2 rings (SSSR count). The van der Waals surface area contributed by atoms with Crippen molar-refractivity contribution < 1.29 is 9.13 Å². The average molecular weight is 230 g/mol. The molecule has 0 radical (unpaired) electrons. The Morgan fingerprint density at radius 3 is 2.41 bits per heavy atom. The molecule has 0 aliphatic carbocycles. The molecule has 0 bridgehead atoms. The molecule has 1 heterocycles. The zero-order valence-electron chi connectivity index (χ0n) is 9.30. The lowest BCUT2D eigenvalue weighted by Gasteiger charge is -2.02. The fraction of sp³-hybridized carbons (Fsp3) is 0.0769. The highest BCUT2D eigenvalue weighted by Gasteiger charge is 1.98. The van der Waals surface area contributed by atoms with Gasteiger partial charge in [0.05, 0.1) is 5.83 Å². The van der Waals surface area contributed by atoms with Crippen molar-refractivity contribution in [3.63, 3.8) is 0 Å². The summed E-state index contributed by atoms with van der Waals surface area (Å²) in [5.41, 5.74) is 0.784. The number of aromatic nitrogens is 2. The van der Waals surface area contributed by atoms with Crippen LogP contribution in [0, 0.1) is 0 Å². The quantitative estimate of drug-likeness (QED) is 0.808. The van der Waals surface area contributed by atoms with Crippen LogP contribution in [0.2, 0.25) is 0 Å². The van der Waals surface area contributed by atoms with E-state index in [-0.39, 0.29) is 11.8 Å². The second-order valence-corrected chi connectivity index (χ2v) is 3.43. The Kier molecular flexibility index (Phi) is 3.45. The minimum absolute atomic E-state index is 0.231. The molecule has 1 aromatic heterocycles. The minimum atomic E-state index is -0.231. The first kappa shape index (κ1) is 11.3. The van der Waals surface area contributed by atoms with Crippen molar-refractivity contribution >= 4 is 6.08 Å². The van der Waals surface area contributed by atoms with Gasteiger partial charge >= 0.3 is 6.01 Å². The lowest BCUT2D eigenvalue weighted by molar-refractivity contribution is 0.442. The lowest BCUT2D eigenvalue weighted by Crippen LogP contribution is -1.89. The first-order valence-corrected chi connectivity index (χ1v) is 5.13. The summed E-state index contributed by atoms with van der Waals surface area (Å²) in [7, 11) is 0. The van der Waals surface area contributed by atoms with Gasteiger partial charge in [-0.3, -0.25) is 0 Å². The number of ether oxygens (including phenoxy) is 1. The van der Waals surface area contributed by atoms with Gasteiger partial charge in [0.15, 0.2) is 0 Å². The predicted octanol–water partition coefficient (Wildman–Crippen LogP) is 3.60. The third kappa shape index (κ3) is 3.38. The van der Waals surface area contributed by atoms with Gasteiger partial charge in [-0.2, -0.15) is 0 Å². The maximum absolute atomic E-state index is 12.6. The van der Waals surface area contributed by atoms with E-state index in [1.165, 1.54) is 13.0 Å². The Labute approximate surface area is 98.6 Å². The first-order chi connectivity index (χ1) is 8.24. The van der Waals surface area contributed by atoms with Crippen molar-refractivity contribution in [3.8, 4) is 11.8 Å². The van der Waals surface area contributed by atoms with E-state index in [2.05, 4.69) is 9.97 Å². The van der Waals surface area contributed by atoms with Crippen LogP contribution < -0.4 is 4.74 Å². The van der Waals surface area contributed by atoms with Crippen LogP contribution in [0.25, 0.3) is 6.08 Å². The van der Waals surface area contributed by atoms with Crippen LogP contribution in [0.4, 0.5) is 4.39 Å². The molecular formula is C13H11FN2O. The molecule has 3 nitrogen and oxygen atoms in total.